The molecular weight excluding hydrogens is 406 g/mol. The summed E-state index contributed by atoms with van der Waals surface area (Å²) in [4.78, 5) is 16.5. The van der Waals surface area contributed by atoms with E-state index in [0.717, 1.165) is 9.77 Å². The number of thiophene rings is 1. The normalized spacial score (nSPS) is 10.4. The number of amides is 1. The zero-order valence-electron chi connectivity index (χ0n) is 15.5. The van der Waals surface area contributed by atoms with Gasteiger partial charge in [0.2, 0.25) is 11.7 Å². The monoisotopic (exact) mass is 421 g/mol. The summed E-state index contributed by atoms with van der Waals surface area (Å²) in [5.74, 6) is 6.83. The zero-order chi connectivity index (χ0) is 20.2. The highest BCUT2D eigenvalue weighted by atomic mass is 32.2. The van der Waals surface area contributed by atoms with Crippen LogP contribution in [0.1, 0.15) is 21.7 Å². The fraction of sp³-hybridized carbons (Fsp3) is 0.100. The van der Waals surface area contributed by atoms with E-state index in [0.29, 0.717) is 28.6 Å². The molecule has 144 valence electrons. The van der Waals surface area contributed by atoms with Crippen molar-refractivity contribution in [3.05, 3.63) is 65.1 Å². The van der Waals surface area contributed by atoms with Gasteiger partial charge in [-0.05, 0) is 36.4 Å². The van der Waals surface area contributed by atoms with Crippen molar-refractivity contribution in [1.82, 2.24) is 19.6 Å². The van der Waals surface area contributed by atoms with Crippen LogP contribution in [0.2, 0.25) is 0 Å². The van der Waals surface area contributed by atoms with Gasteiger partial charge in [-0.25, -0.2) is 4.98 Å². The summed E-state index contributed by atoms with van der Waals surface area (Å²) < 4.78 is 7.94. The molecule has 3 heterocycles. The number of hydrogen-bond acceptors (Lipinski definition) is 7. The average Bonchev–Trinajstić information content (AvgIpc) is 3.39. The molecule has 0 spiro atoms. The van der Waals surface area contributed by atoms with Gasteiger partial charge in [-0.3, -0.25) is 9.20 Å². The van der Waals surface area contributed by atoms with Crippen molar-refractivity contribution in [2.75, 3.05) is 18.7 Å². The minimum atomic E-state index is -0.144. The molecule has 29 heavy (non-hydrogen) atoms. The molecule has 1 aromatic carbocycles. The summed E-state index contributed by atoms with van der Waals surface area (Å²) in [7, 11) is 1.54. The van der Waals surface area contributed by atoms with Gasteiger partial charge in [0, 0.05) is 16.6 Å². The van der Waals surface area contributed by atoms with E-state index in [9.17, 15) is 4.79 Å². The summed E-state index contributed by atoms with van der Waals surface area (Å²) in [5, 5.41) is 12.9. The number of carbonyl (C=O) groups excluding carboxylic acids is 1. The van der Waals surface area contributed by atoms with Gasteiger partial charge in [-0.1, -0.05) is 12.0 Å². The molecular formula is C20H15N5O2S2. The van der Waals surface area contributed by atoms with Crippen LogP contribution >= 0.6 is 23.1 Å². The lowest BCUT2D eigenvalue weighted by Crippen LogP contribution is -2.10. The second-order valence-corrected chi connectivity index (χ2v) is 7.84. The van der Waals surface area contributed by atoms with Gasteiger partial charge in [-0.2, -0.15) is 0 Å². The zero-order valence-corrected chi connectivity index (χ0v) is 17.2. The number of fused-ring (bicyclic) bond motifs is 1. The molecule has 0 atom stereocenters. The predicted molar refractivity (Wildman–Crippen MR) is 114 cm³/mol. The molecule has 4 aromatic rings. The van der Waals surface area contributed by atoms with E-state index in [2.05, 4.69) is 32.3 Å². The third kappa shape index (κ3) is 4.23. The van der Waals surface area contributed by atoms with E-state index in [1.807, 2.05) is 42.0 Å². The fourth-order valence-corrected chi connectivity index (χ4v) is 3.91. The highest BCUT2D eigenvalue weighted by molar-refractivity contribution is 8.00. The number of anilines is 1. The predicted octanol–water partition coefficient (Wildman–Crippen LogP) is 3.57. The Morgan fingerprint density at radius 2 is 2.17 bits per heavy atom. The number of rotatable bonds is 4. The van der Waals surface area contributed by atoms with Crippen LogP contribution in [0.25, 0.3) is 5.65 Å². The van der Waals surface area contributed by atoms with E-state index in [1.54, 1.807) is 47.0 Å². The molecule has 0 aliphatic rings. The Hall–Kier alpha value is -3.35. The number of aromatic nitrogens is 4. The molecule has 1 amide bonds. The van der Waals surface area contributed by atoms with Crippen LogP contribution in [0.15, 0.2) is 52.3 Å². The first-order chi connectivity index (χ1) is 14.2. The first kappa shape index (κ1) is 19.0. The lowest BCUT2D eigenvalue weighted by Gasteiger charge is -2.04. The summed E-state index contributed by atoms with van der Waals surface area (Å²) in [5.41, 5.74) is 2.65. The average molecular weight is 422 g/mol. The smallest absolute Gasteiger partial charge is 0.256 e. The van der Waals surface area contributed by atoms with E-state index >= 15 is 0 Å². The van der Waals surface area contributed by atoms with Gasteiger partial charge in [0.15, 0.2) is 5.65 Å². The summed E-state index contributed by atoms with van der Waals surface area (Å²) in [6, 6.07) is 9.24. The van der Waals surface area contributed by atoms with E-state index in [1.165, 1.54) is 0 Å². The van der Waals surface area contributed by atoms with Crippen LogP contribution in [-0.4, -0.2) is 38.9 Å². The van der Waals surface area contributed by atoms with E-state index in [-0.39, 0.29) is 5.91 Å². The van der Waals surface area contributed by atoms with Gasteiger partial charge < -0.3 is 10.1 Å². The molecule has 7 nitrogen and oxygen atoms in total. The number of nitrogens with zero attached hydrogens (tertiary/aromatic N) is 4. The highest BCUT2D eigenvalue weighted by Gasteiger charge is 2.09. The molecule has 0 bridgehead atoms. The first-order valence-corrected chi connectivity index (χ1v) is 10.6. The van der Waals surface area contributed by atoms with Crippen LogP contribution in [0.5, 0.6) is 5.88 Å². The molecule has 0 radical (unpaired) electrons. The maximum absolute atomic E-state index is 12.4. The van der Waals surface area contributed by atoms with Crippen LogP contribution in [0.4, 0.5) is 5.69 Å². The number of ether oxygens (including phenoxy) is 1. The maximum Gasteiger partial charge on any atom is 0.256 e. The summed E-state index contributed by atoms with van der Waals surface area (Å²) in [6.07, 6.45) is 5.24. The molecule has 0 aliphatic heterocycles. The van der Waals surface area contributed by atoms with Crippen molar-refractivity contribution in [2.45, 2.75) is 4.21 Å². The topological polar surface area (TPSA) is 81.4 Å². The van der Waals surface area contributed by atoms with Crippen molar-refractivity contribution in [2.24, 2.45) is 0 Å². The second-order valence-electron chi connectivity index (χ2n) is 5.82. The van der Waals surface area contributed by atoms with Gasteiger partial charge in [0.25, 0.3) is 5.91 Å². The van der Waals surface area contributed by atoms with Gasteiger partial charge in [0.05, 0.1) is 29.3 Å². The summed E-state index contributed by atoms with van der Waals surface area (Å²) in [6.45, 7) is 0. The Balaban J connectivity index is 1.55. The molecule has 0 saturated heterocycles. The number of nitrogens with one attached hydrogen (secondary N) is 1. The fourth-order valence-electron chi connectivity index (χ4n) is 2.52. The van der Waals surface area contributed by atoms with Crippen molar-refractivity contribution < 1.29 is 9.53 Å². The van der Waals surface area contributed by atoms with E-state index in [4.69, 9.17) is 4.74 Å². The molecule has 9 heteroatoms. The van der Waals surface area contributed by atoms with Gasteiger partial charge in [-0.15, -0.1) is 33.3 Å². The van der Waals surface area contributed by atoms with Gasteiger partial charge >= 0.3 is 0 Å². The number of hydrogen-bond donors (Lipinski definition) is 1. The Labute approximate surface area is 175 Å². The first-order valence-electron chi connectivity index (χ1n) is 8.47. The standard InChI is InChI=1S/C20H15N5O2S2/c1-27-18-11-25-16(23-24-17(25)10-21-18)7-6-13-4-3-5-15(8-13)22-20(26)14-9-19(28-2)29-12-14/h3-5,8-12H,1-2H3,(H,22,26). The van der Waals surface area contributed by atoms with Crippen LogP contribution < -0.4 is 10.1 Å². The van der Waals surface area contributed by atoms with Gasteiger partial charge in [0.1, 0.15) is 0 Å². The molecule has 0 aliphatic carbocycles. The van der Waals surface area contributed by atoms with Crippen LogP contribution in [0.3, 0.4) is 0 Å². The van der Waals surface area contributed by atoms with E-state index < -0.39 is 0 Å². The maximum atomic E-state index is 12.4. The Morgan fingerprint density at radius 1 is 1.28 bits per heavy atom. The lowest BCUT2D eigenvalue weighted by atomic mass is 10.2. The third-order valence-electron chi connectivity index (χ3n) is 3.96. The number of thioether (sulfide) groups is 1. The Morgan fingerprint density at radius 3 is 2.97 bits per heavy atom. The second kappa shape index (κ2) is 8.34. The molecule has 0 fully saturated rings. The number of carbonyl (C=O) groups is 1. The van der Waals surface area contributed by atoms with Crippen molar-refractivity contribution in [3.63, 3.8) is 0 Å². The van der Waals surface area contributed by atoms with Crippen molar-refractivity contribution in [1.29, 1.82) is 0 Å². The minimum absolute atomic E-state index is 0.144. The van der Waals surface area contributed by atoms with Crippen molar-refractivity contribution in [3.8, 4) is 17.7 Å². The Bertz CT molecular complexity index is 1250. The number of benzene rings is 1. The largest absolute Gasteiger partial charge is 0.480 e. The molecule has 4 rings (SSSR count). The molecule has 1 N–H and O–H groups in total. The molecule has 0 saturated carbocycles. The van der Waals surface area contributed by atoms with Crippen LogP contribution in [0, 0.1) is 11.8 Å². The Kier molecular flexibility index (Phi) is 5.46. The van der Waals surface area contributed by atoms with Crippen molar-refractivity contribution >= 4 is 40.3 Å². The lowest BCUT2D eigenvalue weighted by molar-refractivity contribution is 0.102. The minimum Gasteiger partial charge on any atom is -0.480 e. The quantitative estimate of drug-likeness (QED) is 0.401. The number of methoxy groups -OCH3 is 1. The molecule has 0 unspecified atom stereocenters. The molecule has 3 aromatic heterocycles. The SMILES string of the molecule is COc1cn2c(C#Cc3cccc(NC(=O)c4csc(SC)c4)c3)nnc2cn1. The van der Waals surface area contributed by atoms with Crippen LogP contribution in [-0.2, 0) is 0 Å². The third-order valence-corrected chi connectivity index (χ3v) is 5.99. The summed E-state index contributed by atoms with van der Waals surface area (Å²) >= 11 is 3.17. The highest BCUT2D eigenvalue weighted by Crippen LogP contribution is 2.24.